The minimum absolute atomic E-state index is 0.0594. The van der Waals surface area contributed by atoms with Crippen molar-refractivity contribution >= 4 is 22.0 Å². The zero-order valence-corrected chi connectivity index (χ0v) is 13.1. The number of nitrogens with one attached hydrogen (secondary N) is 1. The number of carbonyl (C=O) groups excluding carboxylic acids is 1. The van der Waals surface area contributed by atoms with Gasteiger partial charge in [0, 0.05) is 17.8 Å². The van der Waals surface area contributed by atoms with E-state index >= 15 is 0 Å². The van der Waals surface area contributed by atoms with Gasteiger partial charge in [-0.3, -0.25) is 4.79 Å². The molecule has 9 heteroatoms. The minimum atomic E-state index is -3.99. The number of carbonyl (C=O) groups is 2. The lowest BCUT2D eigenvalue weighted by atomic mass is 10.2. The van der Waals surface area contributed by atoms with Crippen molar-refractivity contribution in [2.75, 3.05) is 20.2 Å². The molecule has 0 radical (unpaired) electrons. The molecular formula is C12H18N2O6S. The number of carboxylic acids is 1. The van der Waals surface area contributed by atoms with Crippen molar-refractivity contribution in [3.8, 4) is 0 Å². The molecule has 0 aromatic carbocycles. The lowest BCUT2D eigenvalue weighted by Gasteiger charge is -2.19. The van der Waals surface area contributed by atoms with Crippen molar-refractivity contribution in [2.24, 2.45) is 0 Å². The van der Waals surface area contributed by atoms with Crippen LogP contribution in [0, 0.1) is 13.8 Å². The molecule has 0 unspecified atom stereocenters. The van der Waals surface area contributed by atoms with Crippen LogP contribution in [0.25, 0.3) is 0 Å². The Balaban J connectivity index is 3.36. The van der Waals surface area contributed by atoms with E-state index in [9.17, 15) is 18.0 Å². The molecule has 1 heterocycles. The number of methoxy groups -OCH3 is 1. The van der Waals surface area contributed by atoms with Crippen LogP contribution in [0.1, 0.15) is 28.7 Å². The molecule has 0 fully saturated rings. The van der Waals surface area contributed by atoms with Gasteiger partial charge in [0.1, 0.15) is 17.1 Å². The Morgan fingerprint density at radius 2 is 1.90 bits per heavy atom. The van der Waals surface area contributed by atoms with E-state index in [4.69, 9.17) is 5.11 Å². The number of aromatic amines is 1. The molecule has 0 bridgehead atoms. The zero-order chi connectivity index (χ0) is 16.4. The number of carboxylic acid groups (broad SMARTS) is 1. The second kappa shape index (κ2) is 6.27. The number of hydrogen-bond acceptors (Lipinski definition) is 5. The molecule has 0 saturated carbocycles. The van der Waals surface area contributed by atoms with Gasteiger partial charge in [-0.2, -0.15) is 4.31 Å². The summed E-state index contributed by atoms with van der Waals surface area (Å²) in [4.78, 5) is 24.8. The van der Waals surface area contributed by atoms with Gasteiger partial charge >= 0.3 is 11.9 Å². The third-order valence-electron chi connectivity index (χ3n) is 3.07. The Morgan fingerprint density at radius 1 is 1.33 bits per heavy atom. The summed E-state index contributed by atoms with van der Waals surface area (Å²) < 4.78 is 30.6. The van der Waals surface area contributed by atoms with Crippen LogP contribution in [0.5, 0.6) is 0 Å². The van der Waals surface area contributed by atoms with E-state index in [1.54, 1.807) is 6.92 Å². The number of aryl methyl sites for hydroxylation is 1. The number of esters is 1. The molecule has 8 nitrogen and oxygen atoms in total. The molecule has 0 aliphatic rings. The first-order valence-corrected chi connectivity index (χ1v) is 7.60. The largest absolute Gasteiger partial charge is 0.477 e. The molecule has 2 N–H and O–H groups in total. The van der Waals surface area contributed by atoms with Gasteiger partial charge in [0.25, 0.3) is 0 Å². The highest BCUT2D eigenvalue weighted by Gasteiger charge is 2.32. The first kappa shape index (κ1) is 17.2. The van der Waals surface area contributed by atoms with Gasteiger partial charge in [-0.25, -0.2) is 13.2 Å². The topological polar surface area (TPSA) is 117 Å². The van der Waals surface area contributed by atoms with Crippen molar-refractivity contribution in [2.45, 2.75) is 25.7 Å². The van der Waals surface area contributed by atoms with Crippen LogP contribution in [0.4, 0.5) is 0 Å². The van der Waals surface area contributed by atoms with Crippen molar-refractivity contribution in [1.29, 1.82) is 0 Å². The van der Waals surface area contributed by atoms with Crippen molar-refractivity contribution < 1.29 is 27.9 Å². The molecule has 1 aromatic rings. The van der Waals surface area contributed by atoms with Crippen LogP contribution in [0.2, 0.25) is 0 Å². The number of hydrogen-bond donors (Lipinski definition) is 2. The maximum atomic E-state index is 12.6. The minimum Gasteiger partial charge on any atom is -0.477 e. The van der Waals surface area contributed by atoms with Gasteiger partial charge in [0.05, 0.1) is 7.11 Å². The third kappa shape index (κ3) is 3.24. The Morgan fingerprint density at radius 3 is 2.29 bits per heavy atom. The first-order valence-electron chi connectivity index (χ1n) is 6.16. The summed E-state index contributed by atoms with van der Waals surface area (Å²) in [5.41, 5.74) is 0.150. The van der Waals surface area contributed by atoms with Gasteiger partial charge in [-0.1, -0.05) is 6.92 Å². The average molecular weight is 318 g/mol. The number of aromatic nitrogens is 1. The maximum Gasteiger partial charge on any atom is 0.352 e. The number of H-pyrrole nitrogens is 1. The Bertz CT molecular complexity index is 662. The lowest BCUT2D eigenvalue weighted by Crippen LogP contribution is -2.36. The SMILES string of the molecule is CCN(CC(=O)OC)S(=O)(=O)c1c(C)[nH]c(C(=O)O)c1C. The Kier molecular flexibility index (Phi) is 5.13. The van der Waals surface area contributed by atoms with Gasteiger partial charge in [-0.15, -0.1) is 0 Å². The average Bonchev–Trinajstić information content (AvgIpc) is 2.71. The molecule has 0 aliphatic carbocycles. The third-order valence-corrected chi connectivity index (χ3v) is 5.26. The number of likely N-dealkylation sites (N-methyl/N-ethyl adjacent to an activating group) is 1. The molecule has 21 heavy (non-hydrogen) atoms. The summed E-state index contributed by atoms with van der Waals surface area (Å²) in [7, 11) is -2.83. The number of sulfonamides is 1. The number of rotatable bonds is 6. The van der Waals surface area contributed by atoms with Crippen molar-refractivity contribution in [3.05, 3.63) is 17.0 Å². The van der Waals surface area contributed by atoms with Gasteiger partial charge in [0.15, 0.2) is 0 Å². The van der Waals surface area contributed by atoms with Crippen LogP contribution in [0.3, 0.4) is 0 Å². The van der Waals surface area contributed by atoms with Crippen LogP contribution in [0.15, 0.2) is 4.90 Å². The predicted molar refractivity (Wildman–Crippen MR) is 73.7 cm³/mol. The number of ether oxygens (including phenoxy) is 1. The van der Waals surface area contributed by atoms with Crippen molar-refractivity contribution in [1.82, 2.24) is 9.29 Å². The van der Waals surface area contributed by atoms with E-state index in [2.05, 4.69) is 9.72 Å². The number of aromatic carboxylic acids is 1. The second-order valence-corrected chi connectivity index (χ2v) is 6.27. The van der Waals surface area contributed by atoms with E-state index < -0.39 is 28.5 Å². The summed E-state index contributed by atoms with van der Waals surface area (Å²) in [6, 6.07) is 0. The standard InChI is InChI=1S/C12H18N2O6S/c1-5-14(6-9(15)20-4)21(18,19)11-7(2)10(12(16)17)13-8(11)3/h13H,5-6H2,1-4H3,(H,16,17). The van der Waals surface area contributed by atoms with Crippen LogP contribution in [-0.4, -0.2) is 55.0 Å². The van der Waals surface area contributed by atoms with Gasteiger partial charge < -0.3 is 14.8 Å². The smallest absolute Gasteiger partial charge is 0.352 e. The molecule has 0 saturated heterocycles. The van der Waals surface area contributed by atoms with Crippen LogP contribution < -0.4 is 0 Å². The molecule has 0 amide bonds. The summed E-state index contributed by atoms with van der Waals surface area (Å²) in [5.74, 6) is -1.93. The molecule has 0 spiro atoms. The Hall–Kier alpha value is -1.87. The predicted octanol–water partition coefficient (Wildman–Crippen LogP) is 0.513. The van der Waals surface area contributed by atoms with E-state index in [0.717, 1.165) is 11.4 Å². The van der Waals surface area contributed by atoms with Gasteiger partial charge in [0.2, 0.25) is 10.0 Å². The lowest BCUT2D eigenvalue weighted by molar-refractivity contribution is -0.140. The maximum absolute atomic E-state index is 12.6. The normalized spacial score (nSPS) is 11.7. The fourth-order valence-corrected chi connectivity index (χ4v) is 3.84. The highest BCUT2D eigenvalue weighted by Crippen LogP contribution is 2.26. The van der Waals surface area contributed by atoms with Crippen molar-refractivity contribution in [3.63, 3.8) is 0 Å². The van der Waals surface area contributed by atoms with Gasteiger partial charge in [-0.05, 0) is 13.8 Å². The molecule has 1 aromatic heterocycles. The monoisotopic (exact) mass is 318 g/mol. The highest BCUT2D eigenvalue weighted by molar-refractivity contribution is 7.89. The van der Waals surface area contributed by atoms with Crippen LogP contribution in [-0.2, 0) is 19.6 Å². The quantitative estimate of drug-likeness (QED) is 0.738. The molecule has 0 atom stereocenters. The summed E-state index contributed by atoms with van der Waals surface area (Å²) in [6.07, 6.45) is 0. The molecule has 1 rings (SSSR count). The second-order valence-electron chi connectivity index (χ2n) is 4.39. The molecule has 118 valence electrons. The molecular weight excluding hydrogens is 300 g/mol. The fourth-order valence-electron chi connectivity index (χ4n) is 2.04. The summed E-state index contributed by atoms with van der Waals surface area (Å²) in [6.45, 7) is 4.09. The van der Waals surface area contributed by atoms with Crippen LogP contribution >= 0.6 is 0 Å². The molecule has 0 aliphatic heterocycles. The fraction of sp³-hybridized carbons (Fsp3) is 0.500. The van der Waals surface area contributed by atoms with E-state index in [1.165, 1.54) is 13.8 Å². The van der Waals surface area contributed by atoms with E-state index in [-0.39, 0.29) is 28.4 Å². The summed E-state index contributed by atoms with van der Waals surface area (Å²) >= 11 is 0. The first-order chi connectivity index (χ1) is 9.66. The highest BCUT2D eigenvalue weighted by atomic mass is 32.2. The summed E-state index contributed by atoms with van der Waals surface area (Å²) in [5, 5.41) is 9.03. The van der Waals surface area contributed by atoms with E-state index in [1.807, 2.05) is 0 Å². The number of nitrogens with zero attached hydrogens (tertiary/aromatic N) is 1. The Labute approximate surface area is 122 Å². The zero-order valence-electron chi connectivity index (χ0n) is 12.3. The van der Waals surface area contributed by atoms with E-state index in [0.29, 0.717) is 0 Å².